The maximum Gasteiger partial charge on any atom is 0.333 e. The molecule has 3 rings (SSSR count). The number of esters is 1. The summed E-state index contributed by atoms with van der Waals surface area (Å²) in [4.78, 5) is 33.5. The average molecular weight is 423 g/mol. The Bertz CT molecular complexity index is 1040. The van der Waals surface area contributed by atoms with Gasteiger partial charge in [-0.2, -0.15) is 9.97 Å². The van der Waals surface area contributed by atoms with E-state index in [0.717, 1.165) is 0 Å². The molecule has 1 unspecified atom stereocenters. The van der Waals surface area contributed by atoms with Crippen LogP contribution in [-0.2, 0) is 9.53 Å². The van der Waals surface area contributed by atoms with Crippen molar-refractivity contribution in [3.05, 3.63) is 71.8 Å². The number of nitrogens with zero attached hydrogens (tertiary/aromatic N) is 2. The Labute approximate surface area is 179 Å². The van der Waals surface area contributed by atoms with E-state index in [1.54, 1.807) is 48.5 Å². The number of carbonyl (C=O) groups excluding carboxylic acids is 2. The van der Waals surface area contributed by atoms with Crippen molar-refractivity contribution in [3.63, 3.8) is 0 Å². The smallest absolute Gasteiger partial charge is 0.333 e. The van der Waals surface area contributed by atoms with Crippen molar-refractivity contribution in [2.75, 3.05) is 21.3 Å². The Morgan fingerprint density at radius 3 is 2.10 bits per heavy atom. The maximum atomic E-state index is 13.0. The lowest BCUT2D eigenvalue weighted by molar-refractivity contribution is -0.143. The highest BCUT2D eigenvalue weighted by molar-refractivity contribution is 5.99. The number of methoxy groups -OCH3 is 3. The predicted molar refractivity (Wildman–Crippen MR) is 110 cm³/mol. The van der Waals surface area contributed by atoms with Gasteiger partial charge in [0.1, 0.15) is 5.75 Å². The van der Waals surface area contributed by atoms with Crippen LogP contribution < -0.4 is 19.5 Å². The molecule has 3 aromatic rings. The Morgan fingerprint density at radius 1 is 0.871 bits per heavy atom. The van der Waals surface area contributed by atoms with Crippen LogP contribution in [0.4, 0.5) is 0 Å². The second-order valence-corrected chi connectivity index (χ2v) is 6.17. The van der Waals surface area contributed by atoms with Crippen LogP contribution in [0.1, 0.15) is 22.0 Å². The molecule has 0 spiro atoms. The third kappa shape index (κ3) is 5.27. The van der Waals surface area contributed by atoms with E-state index < -0.39 is 17.9 Å². The van der Waals surface area contributed by atoms with E-state index in [1.807, 2.05) is 6.07 Å². The quantitative estimate of drug-likeness (QED) is 0.551. The predicted octanol–water partition coefficient (Wildman–Crippen LogP) is 2.93. The van der Waals surface area contributed by atoms with Crippen LogP contribution in [0, 0.1) is 0 Å². The number of carbonyl (C=O) groups is 2. The maximum absolute atomic E-state index is 13.0. The van der Waals surface area contributed by atoms with Crippen LogP contribution in [0.5, 0.6) is 23.5 Å². The third-order valence-corrected chi connectivity index (χ3v) is 4.26. The molecule has 1 amide bonds. The number of hydrogen-bond donors (Lipinski definition) is 1. The van der Waals surface area contributed by atoms with Crippen molar-refractivity contribution in [1.29, 1.82) is 0 Å². The van der Waals surface area contributed by atoms with E-state index in [1.165, 1.54) is 27.4 Å². The van der Waals surface area contributed by atoms with Crippen LogP contribution in [0.2, 0.25) is 0 Å². The topological polar surface area (TPSA) is 109 Å². The van der Waals surface area contributed by atoms with Gasteiger partial charge < -0.3 is 24.3 Å². The zero-order valence-electron chi connectivity index (χ0n) is 17.2. The van der Waals surface area contributed by atoms with Gasteiger partial charge in [-0.05, 0) is 17.7 Å². The number of para-hydroxylation sites is 1. The molecule has 1 N–H and O–H groups in total. The third-order valence-electron chi connectivity index (χ3n) is 4.26. The highest BCUT2D eigenvalue weighted by Crippen LogP contribution is 2.27. The van der Waals surface area contributed by atoms with Gasteiger partial charge in [-0.15, -0.1) is 0 Å². The number of benzene rings is 2. The summed E-state index contributed by atoms with van der Waals surface area (Å²) in [5.41, 5.74) is 0.764. The molecule has 2 aromatic carbocycles. The summed E-state index contributed by atoms with van der Waals surface area (Å²) in [5.74, 6) is -0.479. The van der Waals surface area contributed by atoms with Gasteiger partial charge in [0.25, 0.3) is 5.91 Å². The zero-order chi connectivity index (χ0) is 22.2. The first-order valence-corrected chi connectivity index (χ1v) is 9.23. The molecule has 0 aliphatic carbocycles. The first-order valence-electron chi connectivity index (χ1n) is 9.23. The zero-order valence-corrected chi connectivity index (χ0v) is 17.2. The monoisotopic (exact) mass is 423 g/mol. The number of hydrogen-bond acceptors (Lipinski definition) is 8. The summed E-state index contributed by atoms with van der Waals surface area (Å²) >= 11 is 0. The molecular formula is C22H21N3O6. The standard InChI is InChI=1S/C22H21N3O6/c1-28-17-13-18(29-2)24-22(23-17)31-16-12-8-7-11-15(16)20(26)25-19(21(27)30-3)14-9-5-4-6-10-14/h4-13,19H,1-3H3,(H,25,26). The van der Waals surface area contributed by atoms with Crippen LogP contribution in [0.25, 0.3) is 0 Å². The first kappa shape index (κ1) is 21.6. The van der Waals surface area contributed by atoms with E-state index in [0.29, 0.717) is 5.56 Å². The van der Waals surface area contributed by atoms with Crippen molar-refractivity contribution in [3.8, 4) is 23.5 Å². The lowest BCUT2D eigenvalue weighted by atomic mass is 10.1. The fourth-order valence-corrected chi connectivity index (χ4v) is 2.73. The van der Waals surface area contributed by atoms with Gasteiger partial charge in [-0.3, -0.25) is 4.79 Å². The van der Waals surface area contributed by atoms with E-state index in [4.69, 9.17) is 18.9 Å². The minimum Gasteiger partial charge on any atom is -0.481 e. The fourth-order valence-electron chi connectivity index (χ4n) is 2.73. The van der Waals surface area contributed by atoms with Crippen LogP contribution in [0.3, 0.4) is 0 Å². The first-order chi connectivity index (χ1) is 15.0. The van der Waals surface area contributed by atoms with Gasteiger partial charge in [0.15, 0.2) is 6.04 Å². The molecule has 0 radical (unpaired) electrons. The molecule has 0 aliphatic heterocycles. The molecule has 0 bridgehead atoms. The molecule has 1 atom stereocenters. The molecule has 0 aliphatic rings. The Morgan fingerprint density at radius 2 is 1.48 bits per heavy atom. The Kier molecular flexibility index (Phi) is 7.00. The molecule has 9 nitrogen and oxygen atoms in total. The lowest BCUT2D eigenvalue weighted by Gasteiger charge is -2.18. The summed E-state index contributed by atoms with van der Waals surface area (Å²) < 4.78 is 20.8. The van der Waals surface area contributed by atoms with Gasteiger partial charge in [-0.1, -0.05) is 42.5 Å². The number of nitrogens with one attached hydrogen (secondary N) is 1. The second-order valence-electron chi connectivity index (χ2n) is 6.17. The molecule has 0 saturated heterocycles. The minimum absolute atomic E-state index is 0.0657. The Balaban J connectivity index is 1.89. The molecular weight excluding hydrogens is 402 g/mol. The largest absolute Gasteiger partial charge is 0.481 e. The van der Waals surface area contributed by atoms with Gasteiger partial charge in [-0.25, -0.2) is 4.79 Å². The van der Waals surface area contributed by atoms with Crippen LogP contribution >= 0.6 is 0 Å². The molecule has 0 fully saturated rings. The molecule has 31 heavy (non-hydrogen) atoms. The Hall–Kier alpha value is -4.14. The van der Waals surface area contributed by atoms with Gasteiger partial charge in [0.05, 0.1) is 33.0 Å². The lowest BCUT2D eigenvalue weighted by Crippen LogP contribution is -2.34. The SMILES string of the molecule is COC(=O)C(NC(=O)c1ccccc1Oc1nc(OC)cc(OC)n1)c1ccccc1. The summed E-state index contributed by atoms with van der Waals surface area (Å²) in [6.07, 6.45) is 0. The van der Waals surface area contributed by atoms with Crippen molar-refractivity contribution in [1.82, 2.24) is 15.3 Å². The molecule has 1 aromatic heterocycles. The van der Waals surface area contributed by atoms with Crippen molar-refractivity contribution in [2.24, 2.45) is 0 Å². The van der Waals surface area contributed by atoms with E-state index in [2.05, 4.69) is 15.3 Å². The number of aromatic nitrogens is 2. The van der Waals surface area contributed by atoms with E-state index in [9.17, 15) is 9.59 Å². The number of ether oxygens (including phenoxy) is 4. The summed E-state index contributed by atoms with van der Waals surface area (Å²) in [5, 5.41) is 2.69. The summed E-state index contributed by atoms with van der Waals surface area (Å²) in [6.45, 7) is 0. The van der Waals surface area contributed by atoms with Gasteiger partial charge in [0, 0.05) is 0 Å². The van der Waals surface area contributed by atoms with Crippen molar-refractivity contribution < 1.29 is 28.5 Å². The number of rotatable bonds is 8. The molecule has 160 valence electrons. The fraction of sp³-hybridized carbons (Fsp3) is 0.182. The summed E-state index contributed by atoms with van der Waals surface area (Å²) in [7, 11) is 4.15. The van der Waals surface area contributed by atoms with Crippen molar-refractivity contribution in [2.45, 2.75) is 6.04 Å². The molecule has 0 saturated carbocycles. The van der Waals surface area contributed by atoms with Crippen LogP contribution in [-0.4, -0.2) is 43.2 Å². The normalized spacial score (nSPS) is 11.2. The highest BCUT2D eigenvalue weighted by Gasteiger charge is 2.25. The summed E-state index contributed by atoms with van der Waals surface area (Å²) in [6, 6.07) is 15.7. The van der Waals surface area contributed by atoms with Gasteiger partial charge >= 0.3 is 12.0 Å². The molecule has 1 heterocycles. The van der Waals surface area contributed by atoms with E-state index in [-0.39, 0.29) is 29.1 Å². The average Bonchev–Trinajstić information content (AvgIpc) is 2.82. The molecule has 9 heteroatoms. The van der Waals surface area contributed by atoms with Crippen molar-refractivity contribution >= 4 is 11.9 Å². The van der Waals surface area contributed by atoms with E-state index >= 15 is 0 Å². The highest BCUT2D eigenvalue weighted by atomic mass is 16.5. The minimum atomic E-state index is -0.986. The van der Waals surface area contributed by atoms with Gasteiger partial charge in [0.2, 0.25) is 11.8 Å². The second kappa shape index (κ2) is 10.1. The number of amides is 1. The van der Waals surface area contributed by atoms with Crippen LogP contribution in [0.15, 0.2) is 60.7 Å².